The van der Waals surface area contributed by atoms with Crippen molar-refractivity contribution in [2.75, 3.05) is 7.11 Å². The van der Waals surface area contributed by atoms with Gasteiger partial charge in [-0.05, 0) is 59.7 Å². The van der Waals surface area contributed by atoms with E-state index in [1.54, 1.807) is 31.4 Å². The van der Waals surface area contributed by atoms with Crippen LogP contribution in [0.5, 0.6) is 5.75 Å². The Hall–Kier alpha value is -3.14. The third-order valence-electron chi connectivity index (χ3n) is 4.27. The van der Waals surface area contributed by atoms with E-state index >= 15 is 0 Å². The number of aromatic nitrogens is 1. The largest absolute Gasteiger partial charge is 0.497 e. The molecule has 0 saturated heterocycles. The van der Waals surface area contributed by atoms with Crippen molar-refractivity contribution in [2.24, 2.45) is 0 Å². The Morgan fingerprint density at radius 2 is 1.36 bits per heavy atom. The molecule has 4 heteroatoms. The van der Waals surface area contributed by atoms with E-state index in [0.717, 1.165) is 39.0 Å². The van der Waals surface area contributed by atoms with Crippen molar-refractivity contribution in [3.63, 3.8) is 0 Å². The van der Waals surface area contributed by atoms with Gasteiger partial charge in [0.15, 0.2) is 0 Å². The van der Waals surface area contributed by atoms with Crippen molar-refractivity contribution in [1.82, 2.24) is 4.98 Å². The van der Waals surface area contributed by atoms with Gasteiger partial charge in [0.05, 0.1) is 18.3 Å². The molecule has 0 unspecified atom stereocenters. The Morgan fingerprint density at radius 1 is 0.760 bits per heavy atom. The second-order valence-electron chi connectivity index (χ2n) is 5.80. The number of hydrogen-bond acceptors (Lipinski definition) is 1. The van der Waals surface area contributed by atoms with Gasteiger partial charge in [0.2, 0.25) is 0 Å². The lowest BCUT2D eigenvalue weighted by molar-refractivity contribution is 0.415. The van der Waals surface area contributed by atoms with Crippen LogP contribution in [0, 0.1) is 11.6 Å². The quantitative estimate of drug-likeness (QED) is 0.504. The molecule has 4 rings (SSSR count). The van der Waals surface area contributed by atoms with E-state index in [4.69, 9.17) is 4.74 Å². The number of nitrogens with one attached hydrogen (secondary N) is 1. The van der Waals surface area contributed by atoms with Crippen LogP contribution in [0.15, 0.2) is 66.7 Å². The van der Waals surface area contributed by atoms with Crippen LogP contribution in [-0.4, -0.2) is 12.1 Å². The Bertz CT molecular complexity index is 1030. The summed E-state index contributed by atoms with van der Waals surface area (Å²) in [7, 11) is 1.62. The maximum absolute atomic E-state index is 13.3. The maximum Gasteiger partial charge on any atom is 0.123 e. The average molecular weight is 335 g/mol. The van der Waals surface area contributed by atoms with Crippen LogP contribution >= 0.6 is 0 Å². The summed E-state index contributed by atoms with van der Waals surface area (Å²) in [5.41, 5.74) is 4.45. The molecule has 0 amide bonds. The molecular weight excluding hydrogens is 320 g/mol. The van der Waals surface area contributed by atoms with Gasteiger partial charge >= 0.3 is 0 Å². The van der Waals surface area contributed by atoms with Crippen molar-refractivity contribution < 1.29 is 13.5 Å². The van der Waals surface area contributed by atoms with Crippen molar-refractivity contribution in [1.29, 1.82) is 0 Å². The summed E-state index contributed by atoms with van der Waals surface area (Å²) in [5, 5.41) is 0.992. The fourth-order valence-corrected chi connectivity index (χ4v) is 3.05. The second kappa shape index (κ2) is 6.06. The third-order valence-corrected chi connectivity index (χ3v) is 4.27. The molecule has 3 aromatic carbocycles. The third kappa shape index (κ3) is 2.76. The minimum Gasteiger partial charge on any atom is -0.497 e. The smallest absolute Gasteiger partial charge is 0.123 e. The van der Waals surface area contributed by atoms with Crippen LogP contribution in [-0.2, 0) is 0 Å². The molecule has 1 aromatic heterocycles. The summed E-state index contributed by atoms with van der Waals surface area (Å²) in [4.78, 5) is 3.39. The molecule has 1 N–H and O–H groups in total. The Morgan fingerprint density at radius 3 is 1.96 bits per heavy atom. The SMILES string of the molecule is COc1ccc2c(-c3ccc(F)cc3)c(-c3ccc(F)cc3)[nH]c2c1. The molecule has 0 fully saturated rings. The Kier molecular flexibility index (Phi) is 3.73. The molecule has 2 nitrogen and oxygen atoms in total. The average Bonchev–Trinajstić information content (AvgIpc) is 3.01. The second-order valence-corrected chi connectivity index (χ2v) is 5.80. The van der Waals surface area contributed by atoms with Crippen molar-refractivity contribution in [2.45, 2.75) is 0 Å². The zero-order chi connectivity index (χ0) is 17.4. The van der Waals surface area contributed by atoms with Crippen LogP contribution in [0.2, 0.25) is 0 Å². The van der Waals surface area contributed by atoms with Gasteiger partial charge in [-0.3, -0.25) is 0 Å². The van der Waals surface area contributed by atoms with Gasteiger partial charge in [0, 0.05) is 17.0 Å². The van der Waals surface area contributed by atoms with E-state index in [1.807, 2.05) is 18.2 Å². The highest BCUT2D eigenvalue weighted by Gasteiger charge is 2.16. The summed E-state index contributed by atoms with van der Waals surface area (Å²) in [6.45, 7) is 0. The first-order valence-electron chi connectivity index (χ1n) is 7.87. The van der Waals surface area contributed by atoms with Crippen LogP contribution < -0.4 is 4.74 Å². The predicted molar refractivity (Wildman–Crippen MR) is 95.6 cm³/mol. The summed E-state index contributed by atoms with van der Waals surface area (Å²) >= 11 is 0. The molecule has 0 bridgehead atoms. The molecular formula is C21H15F2NO. The van der Waals surface area contributed by atoms with Crippen LogP contribution in [0.4, 0.5) is 8.78 Å². The van der Waals surface area contributed by atoms with E-state index < -0.39 is 0 Å². The van der Waals surface area contributed by atoms with Gasteiger partial charge in [-0.1, -0.05) is 12.1 Å². The molecule has 0 atom stereocenters. The number of aromatic amines is 1. The maximum atomic E-state index is 13.3. The topological polar surface area (TPSA) is 25.0 Å². The lowest BCUT2D eigenvalue weighted by Crippen LogP contribution is -1.84. The molecule has 124 valence electrons. The zero-order valence-electron chi connectivity index (χ0n) is 13.5. The highest BCUT2D eigenvalue weighted by atomic mass is 19.1. The van der Waals surface area contributed by atoms with Crippen LogP contribution in [0.3, 0.4) is 0 Å². The van der Waals surface area contributed by atoms with Crippen molar-refractivity contribution in [3.8, 4) is 28.1 Å². The zero-order valence-corrected chi connectivity index (χ0v) is 13.5. The van der Waals surface area contributed by atoms with E-state index in [9.17, 15) is 8.78 Å². The lowest BCUT2D eigenvalue weighted by Gasteiger charge is -2.06. The van der Waals surface area contributed by atoms with Crippen LogP contribution in [0.25, 0.3) is 33.3 Å². The first kappa shape index (κ1) is 15.4. The first-order valence-corrected chi connectivity index (χ1v) is 7.87. The van der Waals surface area contributed by atoms with Gasteiger partial charge in [0.1, 0.15) is 17.4 Å². The van der Waals surface area contributed by atoms with Gasteiger partial charge in [-0.15, -0.1) is 0 Å². The molecule has 25 heavy (non-hydrogen) atoms. The number of fused-ring (bicyclic) bond motifs is 1. The number of H-pyrrole nitrogens is 1. The molecule has 4 aromatic rings. The molecule has 0 aliphatic heterocycles. The fourth-order valence-electron chi connectivity index (χ4n) is 3.05. The molecule has 0 saturated carbocycles. The summed E-state index contributed by atoms with van der Waals surface area (Å²) in [6.07, 6.45) is 0. The molecule has 1 heterocycles. The highest BCUT2D eigenvalue weighted by Crippen LogP contribution is 2.39. The van der Waals surface area contributed by atoms with Gasteiger partial charge in [0.25, 0.3) is 0 Å². The van der Waals surface area contributed by atoms with Gasteiger partial charge in [-0.25, -0.2) is 8.78 Å². The number of ether oxygens (including phenoxy) is 1. The van der Waals surface area contributed by atoms with Crippen LogP contribution in [0.1, 0.15) is 0 Å². The Labute approximate surface area is 143 Å². The summed E-state index contributed by atoms with van der Waals surface area (Å²) in [6, 6.07) is 18.4. The number of halogens is 2. The molecule has 0 spiro atoms. The lowest BCUT2D eigenvalue weighted by atomic mass is 9.98. The standard InChI is InChI=1S/C21H15F2NO/c1-25-17-10-11-18-19(12-17)24-21(14-4-8-16(23)9-5-14)20(18)13-2-6-15(22)7-3-13/h2-12,24H,1H3. The molecule has 0 radical (unpaired) electrons. The minimum atomic E-state index is -0.287. The van der Waals surface area contributed by atoms with Gasteiger partial charge in [-0.2, -0.15) is 0 Å². The normalized spacial score (nSPS) is 11.0. The number of rotatable bonds is 3. The van der Waals surface area contributed by atoms with E-state index in [1.165, 1.54) is 24.3 Å². The van der Waals surface area contributed by atoms with E-state index in [0.29, 0.717) is 0 Å². The number of benzene rings is 3. The molecule has 0 aliphatic carbocycles. The van der Waals surface area contributed by atoms with E-state index in [2.05, 4.69) is 4.98 Å². The predicted octanol–water partition coefficient (Wildman–Crippen LogP) is 5.79. The van der Waals surface area contributed by atoms with Gasteiger partial charge < -0.3 is 9.72 Å². The highest BCUT2D eigenvalue weighted by molar-refractivity contribution is 6.04. The Balaban J connectivity index is 2.01. The van der Waals surface area contributed by atoms with E-state index in [-0.39, 0.29) is 11.6 Å². The number of methoxy groups -OCH3 is 1. The van der Waals surface area contributed by atoms with Crippen molar-refractivity contribution >= 4 is 10.9 Å². The molecule has 0 aliphatic rings. The minimum absolute atomic E-state index is 0.284. The fraction of sp³-hybridized carbons (Fsp3) is 0.0476. The monoisotopic (exact) mass is 335 g/mol. The summed E-state index contributed by atoms with van der Waals surface area (Å²) in [5.74, 6) is 0.170. The van der Waals surface area contributed by atoms with Crippen molar-refractivity contribution in [3.05, 3.63) is 78.4 Å². The summed E-state index contributed by atoms with van der Waals surface area (Å²) < 4.78 is 31.9. The first-order chi connectivity index (χ1) is 12.2. The number of hydrogen-bond donors (Lipinski definition) is 1.